The van der Waals surface area contributed by atoms with Crippen LogP contribution < -0.4 is 0 Å². The van der Waals surface area contributed by atoms with Crippen LogP contribution in [0.2, 0.25) is 0 Å². The summed E-state index contributed by atoms with van der Waals surface area (Å²) in [6.07, 6.45) is 0. The first kappa shape index (κ1) is 16.4. The minimum Gasteiger partial charge on any atom is -0.0622 e. The van der Waals surface area contributed by atoms with Gasteiger partial charge in [0.2, 0.25) is 0 Å². The number of fused-ring (bicyclic) bond motifs is 4. The van der Waals surface area contributed by atoms with Crippen molar-refractivity contribution >= 4 is 43.1 Å². The molecule has 0 saturated carbocycles. The highest BCUT2D eigenvalue weighted by atomic mass is 14.2. The first-order chi connectivity index (χ1) is 28.2. The van der Waals surface area contributed by atoms with Gasteiger partial charge in [0.15, 0.2) is 0 Å². The standard InChI is InChI=1S/C46H30/c1-3-13-31(14-4-1)33-25-26-35-30-36(28-27-34(35)29-33)37-21-11-23-39-38(37)22-12-24-40(39)46-43-19-9-7-17-41(43)45(32-15-5-2-6-16-32)42-18-8-10-20-44(42)46/h1-30H/i2D,5D,6D,7D,8D,9D,10D,15D,16D,17D,18D,19D,20D. The molecule has 9 aromatic carbocycles. The average Bonchev–Trinajstić information content (AvgIpc) is 3.26. The molecule has 0 amide bonds. The van der Waals surface area contributed by atoms with Gasteiger partial charge in [-0.1, -0.05) is 170 Å². The molecule has 0 unspecified atom stereocenters. The summed E-state index contributed by atoms with van der Waals surface area (Å²) in [7, 11) is 0. The second-order valence-electron chi connectivity index (χ2n) is 11.1. The SMILES string of the molecule is [2H]c1c([2H])c([2H])c(-c2c3c([2H])c([2H])c([2H])c([2H])c3c(-c3cccc4c(-c5ccc6cc(-c7ccccc7)ccc6c5)cccc34)c3c([2H])c([2H])c([2H])c([2H])c23)c([2H])c1[2H]. The van der Waals surface area contributed by atoms with Crippen LogP contribution >= 0.6 is 0 Å². The zero-order valence-electron chi connectivity index (χ0n) is 37.3. The molecule has 46 heavy (non-hydrogen) atoms. The summed E-state index contributed by atoms with van der Waals surface area (Å²) < 4.78 is 115. The third kappa shape index (κ3) is 4.30. The molecule has 0 nitrogen and oxygen atoms in total. The summed E-state index contributed by atoms with van der Waals surface area (Å²) in [4.78, 5) is 0. The molecule has 0 heteroatoms. The second kappa shape index (κ2) is 10.9. The maximum atomic E-state index is 9.35. The van der Waals surface area contributed by atoms with E-state index in [1.54, 1.807) is 12.1 Å². The van der Waals surface area contributed by atoms with Gasteiger partial charge in [0.1, 0.15) is 0 Å². The lowest BCUT2D eigenvalue weighted by atomic mass is 9.84. The van der Waals surface area contributed by atoms with Crippen LogP contribution in [0.5, 0.6) is 0 Å². The third-order valence-corrected chi connectivity index (χ3v) is 8.57. The summed E-state index contributed by atoms with van der Waals surface area (Å²) >= 11 is 0. The minimum atomic E-state index is -0.708. The average molecular weight is 596 g/mol. The lowest BCUT2D eigenvalue weighted by Gasteiger charge is -2.19. The molecule has 0 radical (unpaired) electrons. The zero-order valence-corrected chi connectivity index (χ0v) is 24.3. The van der Waals surface area contributed by atoms with E-state index in [1.165, 1.54) is 0 Å². The van der Waals surface area contributed by atoms with Crippen LogP contribution in [-0.2, 0) is 0 Å². The first-order valence-corrected chi connectivity index (χ1v) is 14.9. The lowest BCUT2D eigenvalue weighted by Crippen LogP contribution is -1.92. The van der Waals surface area contributed by atoms with Gasteiger partial charge >= 0.3 is 0 Å². The number of hydrogen-bond acceptors (Lipinski definition) is 0. The van der Waals surface area contributed by atoms with Gasteiger partial charge in [-0.2, -0.15) is 0 Å². The molecule has 0 aromatic heterocycles. The molecule has 9 rings (SSSR count). The van der Waals surface area contributed by atoms with E-state index in [1.807, 2.05) is 48.5 Å². The Morgan fingerprint density at radius 3 is 1.48 bits per heavy atom. The monoisotopic (exact) mass is 595 g/mol. The summed E-state index contributed by atoms with van der Waals surface area (Å²) in [5.74, 6) is 0. The lowest BCUT2D eigenvalue weighted by molar-refractivity contribution is 1.64. The molecule has 0 heterocycles. The molecular formula is C46H30. The summed E-state index contributed by atoms with van der Waals surface area (Å²) in [5, 5.41) is 2.75. The Hall–Kier alpha value is -5.98. The van der Waals surface area contributed by atoms with Gasteiger partial charge in [0, 0.05) is 0 Å². The Morgan fingerprint density at radius 2 is 0.826 bits per heavy atom. The van der Waals surface area contributed by atoms with Gasteiger partial charge in [0.05, 0.1) is 17.8 Å². The predicted molar refractivity (Wildman–Crippen MR) is 198 cm³/mol. The topological polar surface area (TPSA) is 0 Å². The van der Waals surface area contributed by atoms with E-state index < -0.39 is 84.1 Å². The van der Waals surface area contributed by atoms with Crippen molar-refractivity contribution in [2.75, 3.05) is 0 Å². The largest absolute Gasteiger partial charge is 0.0629 e. The van der Waals surface area contributed by atoms with Crippen molar-refractivity contribution in [2.45, 2.75) is 0 Å². The van der Waals surface area contributed by atoms with E-state index in [0.29, 0.717) is 10.9 Å². The van der Waals surface area contributed by atoms with Crippen molar-refractivity contribution in [3.63, 3.8) is 0 Å². The van der Waals surface area contributed by atoms with Crippen LogP contribution in [0.1, 0.15) is 17.8 Å². The highest BCUT2D eigenvalue weighted by Gasteiger charge is 2.18. The van der Waals surface area contributed by atoms with Crippen LogP contribution in [0, 0.1) is 0 Å². The summed E-state index contributed by atoms with van der Waals surface area (Å²) in [5.41, 5.74) is 3.72. The summed E-state index contributed by atoms with van der Waals surface area (Å²) in [6.45, 7) is 0. The predicted octanol–water partition coefficient (Wildman–Crippen LogP) is 13.0. The van der Waals surface area contributed by atoms with Crippen LogP contribution in [0.25, 0.3) is 87.6 Å². The maximum Gasteiger partial charge on any atom is 0.0629 e. The van der Waals surface area contributed by atoms with Gasteiger partial charge in [0.25, 0.3) is 0 Å². The van der Waals surface area contributed by atoms with Crippen molar-refractivity contribution in [3.05, 3.63) is 182 Å². The van der Waals surface area contributed by atoms with E-state index in [-0.39, 0.29) is 32.7 Å². The fourth-order valence-corrected chi connectivity index (χ4v) is 6.52. The molecule has 0 aliphatic rings. The van der Waals surface area contributed by atoms with E-state index in [9.17, 15) is 5.48 Å². The van der Waals surface area contributed by atoms with E-state index in [4.69, 9.17) is 12.3 Å². The number of hydrogen-bond donors (Lipinski definition) is 0. The quantitative estimate of drug-likeness (QED) is 0.178. The van der Waals surface area contributed by atoms with E-state index in [0.717, 1.165) is 38.4 Å². The second-order valence-corrected chi connectivity index (χ2v) is 11.1. The van der Waals surface area contributed by atoms with Crippen LogP contribution in [-0.4, -0.2) is 0 Å². The fourth-order valence-electron chi connectivity index (χ4n) is 6.52. The molecule has 214 valence electrons. The van der Waals surface area contributed by atoms with Crippen molar-refractivity contribution in [2.24, 2.45) is 0 Å². The molecule has 0 atom stereocenters. The number of rotatable bonds is 4. The molecule has 0 aliphatic carbocycles. The van der Waals surface area contributed by atoms with Crippen molar-refractivity contribution in [1.29, 1.82) is 0 Å². The molecule has 0 N–H and O–H groups in total. The summed E-state index contributed by atoms with van der Waals surface area (Å²) in [6, 6.07) is 25.5. The zero-order chi connectivity index (χ0) is 41.8. The Bertz CT molecular complexity index is 3190. The molecule has 9 aromatic rings. The van der Waals surface area contributed by atoms with Gasteiger partial charge < -0.3 is 0 Å². The fraction of sp³-hybridized carbons (Fsp3) is 0. The van der Waals surface area contributed by atoms with Crippen LogP contribution in [0.15, 0.2) is 182 Å². The minimum absolute atomic E-state index is 0.0971. The third-order valence-electron chi connectivity index (χ3n) is 8.57. The molecule has 0 bridgehead atoms. The highest BCUT2D eigenvalue weighted by Crippen LogP contribution is 2.46. The van der Waals surface area contributed by atoms with Gasteiger partial charge in [-0.15, -0.1) is 0 Å². The first-order valence-electron chi connectivity index (χ1n) is 21.4. The molecular weight excluding hydrogens is 553 g/mol. The highest BCUT2D eigenvalue weighted by molar-refractivity contribution is 6.24. The normalized spacial score (nSPS) is 15.4. The van der Waals surface area contributed by atoms with Gasteiger partial charge in [-0.25, -0.2) is 0 Å². The molecule has 0 aliphatic heterocycles. The van der Waals surface area contributed by atoms with Gasteiger partial charge in [-0.05, 0) is 99.7 Å². The smallest absolute Gasteiger partial charge is 0.0622 e. The van der Waals surface area contributed by atoms with Crippen molar-refractivity contribution in [1.82, 2.24) is 0 Å². The van der Waals surface area contributed by atoms with Crippen LogP contribution in [0.3, 0.4) is 0 Å². The maximum absolute atomic E-state index is 9.35. The van der Waals surface area contributed by atoms with Crippen molar-refractivity contribution < 1.29 is 17.8 Å². The molecule has 0 fully saturated rings. The Morgan fingerprint density at radius 1 is 0.304 bits per heavy atom. The van der Waals surface area contributed by atoms with Crippen LogP contribution in [0.4, 0.5) is 0 Å². The number of benzene rings is 9. The van der Waals surface area contributed by atoms with E-state index >= 15 is 0 Å². The Labute approximate surface area is 287 Å². The van der Waals surface area contributed by atoms with E-state index in [2.05, 4.69) is 42.5 Å². The Kier molecular flexibility index (Phi) is 3.87. The Balaban J connectivity index is 1.41. The molecule has 0 saturated heterocycles. The van der Waals surface area contributed by atoms with Gasteiger partial charge in [-0.3, -0.25) is 0 Å². The van der Waals surface area contributed by atoms with Crippen molar-refractivity contribution in [3.8, 4) is 44.5 Å². The molecule has 0 spiro atoms.